The molecule has 2 nitrogen and oxygen atoms in total. The second kappa shape index (κ2) is 7.02. The maximum absolute atomic E-state index is 11.4. The Morgan fingerprint density at radius 3 is 2.35 bits per heavy atom. The van der Waals surface area contributed by atoms with Gasteiger partial charge in [0, 0.05) is 0 Å². The van der Waals surface area contributed by atoms with Crippen LogP contribution < -0.4 is 0 Å². The zero-order chi connectivity index (χ0) is 13.5. The zero-order valence-electron chi connectivity index (χ0n) is 11.2. The Labute approximate surface area is 104 Å². The molecule has 0 heterocycles. The molecule has 1 N–H and O–H groups in total. The van der Waals surface area contributed by atoms with E-state index >= 15 is 0 Å². The van der Waals surface area contributed by atoms with Gasteiger partial charge in [0.05, 0.1) is 5.60 Å². The van der Waals surface area contributed by atoms with E-state index in [4.69, 9.17) is 0 Å². The Hall–Kier alpha value is -1.41. The third-order valence-electron chi connectivity index (χ3n) is 2.15. The van der Waals surface area contributed by atoms with E-state index in [1.807, 2.05) is 32.9 Å². The van der Waals surface area contributed by atoms with E-state index in [0.717, 1.165) is 11.1 Å². The number of rotatable bonds is 6. The lowest BCUT2D eigenvalue weighted by Gasteiger charge is -2.14. The van der Waals surface area contributed by atoms with Crippen molar-refractivity contribution in [2.45, 2.75) is 39.7 Å². The van der Waals surface area contributed by atoms with Crippen LogP contribution in [0.3, 0.4) is 0 Å². The van der Waals surface area contributed by atoms with Crippen LogP contribution in [0.4, 0.5) is 0 Å². The number of allylic oxidation sites excluding steroid dienone is 5. The number of ketones is 1. The van der Waals surface area contributed by atoms with E-state index in [1.54, 1.807) is 19.1 Å². The van der Waals surface area contributed by atoms with Crippen molar-refractivity contribution in [2.24, 2.45) is 0 Å². The van der Waals surface area contributed by atoms with E-state index in [2.05, 4.69) is 6.58 Å². The average molecular weight is 234 g/mol. The number of carbonyl (C=O) groups excluding carboxylic acids is 1. The van der Waals surface area contributed by atoms with Crippen molar-refractivity contribution < 1.29 is 9.90 Å². The molecule has 94 valence electrons. The average Bonchev–Trinajstić information content (AvgIpc) is 2.15. The molecule has 0 aromatic heterocycles. The highest BCUT2D eigenvalue weighted by Crippen LogP contribution is 2.11. The molecule has 0 spiro atoms. The molecule has 0 aliphatic carbocycles. The van der Waals surface area contributed by atoms with Crippen molar-refractivity contribution in [2.75, 3.05) is 0 Å². The molecular weight excluding hydrogens is 212 g/mol. The van der Waals surface area contributed by atoms with Crippen LogP contribution in [-0.4, -0.2) is 16.5 Å². The first kappa shape index (κ1) is 15.6. The second-order valence-corrected chi connectivity index (χ2v) is 4.68. The summed E-state index contributed by atoms with van der Waals surface area (Å²) in [4.78, 5) is 11.4. The molecule has 0 aromatic carbocycles. The van der Waals surface area contributed by atoms with Gasteiger partial charge in [-0.3, -0.25) is 4.79 Å². The quantitative estimate of drug-likeness (QED) is 0.435. The molecule has 0 aliphatic heterocycles. The van der Waals surface area contributed by atoms with Crippen LogP contribution in [0, 0.1) is 0 Å². The minimum absolute atomic E-state index is 0.0115. The van der Waals surface area contributed by atoms with E-state index in [0.29, 0.717) is 6.42 Å². The fraction of sp³-hybridized carbons (Fsp3) is 0.400. The van der Waals surface area contributed by atoms with Crippen molar-refractivity contribution in [1.82, 2.24) is 0 Å². The summed E-state index contributed by atoms with van der Waals surface area (Å²) < 4.78 is 0. The summed E-state index contributed by atoms with van der Waals surface area (Å²) in [6.07, 6.45) is 8.82. The topological polar surface area (TPSA) is 37.3 Å². The summed E-state index contributed by atoms with van der Waals surface area (Å²) >= 11 is 0. The predicted octanol–water partition coefficient (Wildman–Crippen LogP) is 3.35. The standard InChI is InChI=1S/C15H22O2/c1-6-15(5,17)9-7-8-13(4)11-14(16)10-12(2)3/h6-8,10-11,17H,1,9H2,2-5H3. The maximum atomic E-state index is 11.4. The summed E-state index contributed by atoms with van der Waals surface area (Å²) in [5.74, 6) is -0.0115. The van der Waals surface area contributed by atoms with E-state index in [-0.39, 0.29) is 5.78 Å². The van der Waals surface area contributed by atoms with Crippen molar-refractivity contribution in [3.63, 3.8) is 0 Å². The monoisotopic (exact) mass is 234 g/mol. The fourth-order valence-electron chi connectivity index (χ4n) is 1.17. The van der Waals surface area contributed by atoms with Crippen LogP contribution in [0.25, 0.3) is 0 Å². The summed E-state index contributed by atoms with van der Waals surface area (Å²) in [5, 5.41) is 9.67. The van der Waals surface area contributed by atoms with Gasteiger partial charge < -0.3 is 5.11 Å². The van der Waals surface area contributed by atoms with Gasteiger partial charge in [0.15, 0.2) is 5.78 Å². The number of hydrogen-bond acceptors (Lipinski definition) is 2. The molecule has 17 heavy (non-hydrogen) atoms. The summed E-state index contributed by atoms with van der Waals surface area (Å²) in [6.45, 7) is 10.9. The Morgan fingerprint density at radius 2 is 1.88 bits per heavy atom. The lowest BCUT2D eigenvalue weighted by atomic mass is 10.0. The van der Waals surface area contributed by atoms with Gasteiger partial charge in [-0.25, -0.2) is 0 Å². The summed E-state index contributed by atoms with van der Waals surface area (Å²) in [6, 6.07) is 0. The van der Waals surface area contributed by atoms with Crippen LogP contribution in [0.2, 0.25) is 0 Å². The van der Waals surface area contributed by atoms with E-state index in [1.165, 1.54) is 6.08 Å². The van der Waals surface area contributed by atoms with Gasteiger partial charge in [-0.1, -0.05) is 23.8 Å². The number of carbonyl (C=O) groups is 1. The maximum Gasteiger partial charge on any atom is 0.178 e. The SMILES string of the molecule is C=CC(C)(O)CC=CC(C)=CC(=O)C=C(C)C. The van der Waals surface area contributed by atoms with Gasteiger partial charge in [0.2, 0.25) is 0 Å². The van der Waals surface area contributed by atoms with E-state index in [9.17, 15) is 9.90 Å². The number of aliphatic hydroxyl groups is 1. The van der Waals surface area contributed by atoms with Gasteiger partial charge >= 0.3 is 0 Å². The lowest BCUT2D eigenvalue weighted by molar-refractivity contribution is -0.110. The van der Waals surface area contributed by atoms with Crippen LogP contribution >= 0.6 is 0 Å². The van der Waals surface area contributed by atoms with Crippen molar-refractivity contribution in [1.29, 1.82) is 0 Å². The Balaban J connectivity index is 4.45. The first-order chi connectivity index (χ1) is 7.76. The van der Waals surface area contributed by atoms with Crippen molar-refractivity contribution in [3.8, 4) is 0 Å². The predicted molar refractivity (Wildman–Crippen MR) is 72.8 cm³/mol. The molecule has 0 bridgehead atoms. The minimum atomic E-state index is -0.888. The Morgan fingerprint density at radius 1 is 1.29 bits per heavy atom. The molecule has 1 unspecified atom stereocenters. The zero-order valence-corrected chi connectivity index (χ0v) is 11.2. The van der Waals surface area contributed by atoms with Crippen LogP contribution in [0.15, 0.2) is 48.1 Å². The van der Waals surface area contributed by atoms with Crippen LogP contribution in [-0.2, 0) is 4.79 Å². The molecule has 0 amide bonds. The first-order valence-electron chi connectivity index (χ1n) is 5.66. The summed E-state index contributed by atoms with van der Waals surface area (Å²) in [7, 11) is 0. The molecular formula is C15H22O2. The van der Waals surface area contributed by atoms with Gasteiger partial charge in [-0.2, -0.15) is 0 Å². The Kier molecular flexibility index (Phi) is 6.44. The van der Waals surface area contributed by atoms with Crippen molar-refractivity contribution >= 4 is 5.78 Å². The minimum Gasteiger partial charge on any atom is -0.386 e. The van der Waals surface area contributed by atoms with Crippen molar-refractivity contribution in [3.05, 3.63) is 48.1 Å². The molecule has 2 heteroatoms. The molecule has 1 atom stereocenters. The highest BCUT2D eigenvalue weighted by molar-refractivity contribution is 6.00. The Bertz CT molecular complexity index is 364. The molecule has 0 saturated heterocycles. The van der Waals surface area contributed by atoms with Gasteiger partial charge in [-0.15, -0.1) is 6.58 Å². The molecule has 0 aromatic rings. The largest absolute Gasteiger partial charge is 0.386 e. The highest BCUT2D eigenvalue weighted by Gasteiger charge is 2.11. The first-order valence-corrected chi connectivity index (χ1v) is 5.66. The summed E-state index contributed by atoms with van der Waals surface area (Å²) in [5.41, 5.74) is 0.964. The molecule has 0 aliphatic rings. The fourth-order valence-corrected chi connectivity index (χ4v) is 1.17. The van der Waals surface area contributed by atoms with E-state index < -0.39 is 5.60 Å². The second-order valence-electron chi connectivity index (χ2n) is 4.68. The molecule has 0 fully saturated rings. The van der Waals surface area contributed by atoms with Crippen LogP contribution in [0.5, 0.6) is 0 Å². The normalized spacial score (nSPS) is 15.5. The third-order valence-corrected chi connectivity index (χ3v) is 2.15. The third kappa shape index (κ3) is 8.40. The highest BCUT2D eigenvalue weighted by atomic mass is 16.3. The van der Waals surface area contributed by atoms with Gasteiger partial charge in [0.25, 0.3) is 0 Å². The van der Waals surface area contributed by atoms with Gasteiger partial charge in [0.1, 0.15) is 0 Å². The molecule has 0 radical (unpaired) electrons. The molecule has 0 rings (SSSR count). The number of hydrogen-bond donors (Lipinski definition) is 1. The van der Waals surface area contributed by atoms with Gasteiger partial charge in [-0.05, 0) is 51.8 Å². The smallest absolute Gasteiger partial charge is 0.178 e. The molecule has 0 saturated carbocycles. The lowest BCUT2D eigenvalue weighted by Crippen LogP contribution is -2.18. The van der Waals surface area contributed by atoms with Crippen LogP contribution in [0.1, 0.15) is 34.1 Å².